The second kappa shape index (κ2) is 27.8. The van der Waals surface area contributed by atoms with Crippen molar-refractivity contribution in [3.05, 3.63) is 41.7 Å². The minimum atomic E-state index is -1.10. The highest BCUT2D eigenvalue weighted by molar-refractivity contribution is 5.85. The zero-order valence-corrected chi connectivity index (χ0v) is 37.6. The molecule has 1 aliphatic carbocycles. The number of amides is 4. The standard InChI is InChI=1S/C34H53N3O7.C11H24N2O/c1-8-23(2)32(36(5)25(4)38)29(43-6)18-13-19-31(39)37-20-14-17-28(37)30(44-7)21-24(3)33(40)35-27(34(41)42)22-26-15-11-9-10-12-16-26;1-6-9(4)7-13-11(14)10(12-5)8(2)3/h9-11,15-16,23-24,27-30,32H,8,13-14,17-22H2,1-7H3,(H,35,40)(H,41,42);8-10,12H,6-7H2,1-5H3,(H,13,14). The number of nitrogens with one attached hydrogen (secondary N) is 3. The normalized spacial score (nSPS) is 19.0. The number of hydrogen-bond donors (Lipinski definition) is 4. The Bertz CT molecular complexity index is 1420. The zero-order chi connectivity index (χ0) is 43.9. The lowest BCUT2D eigenvalue weighted by Gasteiger charge is -2.37. The molecule has 2 aliphatic rings. The van der Waals surface area contributed by atoms with E-state index < -0.39 is 17.9 Å². The highest BCUT2D eigenvalue weighted by atomic mass is 16.5. The van der Waals surface area contributed by atoms with Gasteiger partial charge in [-0.2, -0.15) is 0 Å². The third-order valence-electron chi connectivity index (χ3n) is 11.6. The molecule has 0 bridgehead atoms. The number of likely N-dealkylation sites (tertiary alicyclic amines) is 1. The lowest BCUT2D eigenvalue weighted by Crippen LogP contribution is -2.48. The molecule has 2 rings (SSSR count). The topological polar surface area (TPSA) is 167 Å². The van der Waals surface area contributed by atoms with Crippen molar-refractivity contribution < 1.29 is 38.6 Å². The van der Waals surface area contributed by atoms with E-state index in [2.05, 4.69) is 49.4 Å². The van der Waals surface area contributed by atoms with Crippen LogP contribution in [0.4, 0.5) is 0 Å². The van der Waals surface area contributed by atoms with Crippen LogP contribution >= 0.6 is 0 Å². The molecule has 13 heteroatoms. The predicted octanol–water partition coefficient (Wildman–Crippen LogP) is 5.66. The van der Waals surface area contributed by atoms with Crippen molar-refractivity contribution in [3.63, 3.8) is 0 Å². The number of likely N-dealkylation sites (N-methyl/N-ethyl adjacent to an activating group) is 2. The first kappa shape index (κ1) is 52.2. The number of rotatable bonds is 24. The molecule has 0 aromatic carbocycles. The van der Waals surface area contributed by atoms with Gasteiger partial charge < -0.3 is 40.3 Å². The van der Waals surface area contributed by atoms with E-state index in [1.54, 1.807) is 70.4 Å². The van der Waals surface area contributed by atoms with E-state index >= 15 is 0 Å². The van der Waals surface area contributed by atoms with Crippen molar-refractivity contribution in [1.29, 1.82) is 0 Å². The zero-order valence-electron chi connectivity index (χ0n) is 37.6. The Balaban J connectivity index is 0.00000102. The van der Waals surface area contributed by atoms with Crippen LogP contribution in [0.3, 0.4) is 0 Å². The van der Waals surface area contributed by atoms with Gasteiger partial charge in [-0.15, -0.1) is 5.73 Å². The van der Waals surface area contributed by atoms with Gasteiger partial charge in [0.2, 0.25) is 23.6 Å². The molecule has 1 aliphatic heterocycles. The SMILES string of the molecule is CCC(C)C(C(CCCC(=O)N1CCCC1C(CC(C)C(=O)NC(CC1=CC=CC=C=C1)C(=O)O)OC)OC)N(C)C(C)=O.CCC(C)CNC(=O)C(NC)C(C)C. The summed E-state index contributed by atoms with van der Waals surface area (Å²) in [7, 11) is 6.88. The molecule has 13 nitrogen and oxygen atoms in total. The van der Waals surface area contributed by atoms with Crippen LogP contribution in [0.2, 0.25) is 0 Å². The molecule has 9 atom stereocenters. The summed E-state index contributed by atoms with van der Waals surface area (Å²) in [5.74, 6) is -0.701. The summed E-state index contributed by atoms with van der Waals surface area (Å²) in [6.45, 7) is 17.3. The van der Waals surface area contributed by atoms with Crippen LogP contribution in [0.25, 0.3) is 0 Å². The second-order valence-corrected chi connectivity index (χ2v) is 16.4. The van der Waals surface area contributed by atoms with Gasteiger partial charge >= 0.3 is 5.97 Å². The number of allylic oxidation sites excluding steroid dienone is 4. The van der Waals surface area contributed by atoms with Crippen LogP contribution in [-0.4, -0.2) is 122 Å². The minimum Gasteiger partial charge on any atom is -0.480 e. The fourth-order valence-corrected chi connectivity index (χ4v) is 7.50. The summed E-state index contributed by atoms with van der Waals surface area (Å²) < 4.78 is 11.6. The molecule has 0 aromatic heterocycles. The fourth-order valence-electron chi connectivity index (χ4n) is 7.50. The number of carbonyl (C=O) groups excluding carboxylic acids is 4. The van der Waals surface area contributed by atoms with Gasteiger partial charge in [0.25, 0.3) is 0 Å². The first-order chi connectivity index (χ1) is 27.5. The second-order valence-electron chi connectivity index (χ2n) is 16.4. The molecule has 9 unspecified atom stereocenters. The number of ether oxygens (including phenoxy) is 2. The molecule has 58 heavy (non-hydrogen) atoms. The lowest BCUT2D eigenvalue weighted by molar-refractivity contribution is -0.143. The van der Waals surface area contributed by atoms with Crippen LogP contribution in [0.1, 0.15) is 113 Å². The highest BCUT2D eigenvalue weighted by Crippen LogP contribution is 2.28. The molecule has 4 amide bonds. The Kier molecular flexibility index (Phi) is 25.1. The van der Waals surface area contributed by atoms with Crippen molar-refractivity contribution >= 4 is 29.6 Å². The third kappa shape index (κ3) is 17.6. The molecule has 1 heterocycles. The van der Waals surface area contributed by atoms with Crippen LogP contribution in [-0.2, 0) is 33.4 Å². The maximum absolute atomic E-state index is 13.4. The van der Waals surface area contributed by atoms with Crippen molar-refractivity contribution in [2.45, 2.75) is 150 Å². The van der Waals surface area contributed by atoms with Crippen molar-refractivity contribution in [2.75, 3.05) is 41.4 Å². The van der Waals surface area contributed by atoms with Gasteiger partial charge in [-0.25, -0.2) is 4.79 Å². The van der Waals surface area contributed by atoms with Gasteiger partial charge in [0.1, 0.15) is 6.04 Å². The van der Waals surface area contributed by atoms with Gasteiger partial charge in [-0.3, -0.25) is 19.2 Å². The van der Waals surface area contributed by atoms with Gasteiger partial charge in [0.15, 0.2) is 0 Å². The number of methoxy groups -OCH3 is 2. The summed E-state index contributed by atoms with van der Waals surface area (Å²) in [5, 5.41) is 18.4. The average Bonchev–Trinajstić information content (AvgIpc) is 3.54. The maximum atomic E-state index is 13.4. The summed E-state index contributed by atoms with van der Waals surface area (Å²) in [5.41, 5.74) is 3.71. The predicted molar refractivity (Wildman–Crippen MR) is 230 cm³/mol. The van der Waals surface area contributed by atoms with Crippen molar-refractivity contribution in [3.8, 4) is 0 Å². The Labute approximate surface area is 349 Å². The Morgan fingerprint density at radius 3 is 2.26 bits per heavy atom. The van der Waals surface area contributed by atoms with Crippen LogP contribution in [0.15, 0.2) is 41.7 Å². The van der Waals surface area contributed by atoms with E-state index in [1.807, 2.05) is 25.8 Å². The first-order valence-corrected chi connectivity index (χ1v) is 21.3. The Morgan fingerprint density at radius 2 is 1.71 bits per heavy atom. The average molecular weight is 816 g/mol. The number of carboxylic acids is 1. The summed E-state index contributed by atoms with van der Waals surface area (Å²) in [6.07, 6.45) is 14.1. The highest BCUT2D eigenvalue weighted by Gasteiger charge is 2.37. The van der Waals surface area contributed by atoms with E-state index in [-0.39, 0.29) is 66.3 Å². The quantitative estimate of drug-likeness (QED) is 0.0901. The van der Waals surface area contributed by atoms with E-state index in [9.17, 15) is 29.1 Å². The smallest absolute Gasteiger partial charge is 0.326 e. The maximum Gasteiger partial charge on any atom is 0.326 e. The summed E-state index contributed by atoms with van der Waals surface area (Å²) in [4.78, 5) is 65.8. The number of aliphatic carboxylic acids is 1. The lowest BCUT2D eigenvalue weighted by atomic mass is 9.90. The minimum absolute atomic E-state index is 0.00985. The molecule has 0 spiro atoms. The van der Waals surface area contributed by atoms with Gasteiger partial charge in [0.05, 0.1) is 30.3 Å². The number of hydrogen-bond acceptors (Lipinski definition) is 8. The monoisotopic (exact) mass is 816 g/mol. The van der Waals surface area contributed by atoms with Gasteiger partial charge in [0, 0.05) is 60.0 Å². The Hall–Kier alpha value is -3.77. The number of nitrogens with zero attached hydrogens (tertiary/aromatic N) is 2. The van der Waals surface area contributed by atoms with E-state index in [4.69, 9.17) is 9.47 Å². The third-order valence-corrected chi connectivity index (χ3v) is 11.6. The molecule has 4 N–H and O–H groups in total. The largest absolute Gasteiger partial charge is 0.480 e. The van der Waals surface area contributed by atoms with Crippen molar-refractivity contribution in [2.24, 2.45) is 23.7 Å². The molecular formula is C45H77N5O8. The van der Waals surface area contributed by atoms with Crippen molar-refractivity contribution in [1.82, 2.24) is 25.8 Å². The van der Waals surface area contributed by atoms with Crippen LogP contribution in [0.5, 0.6) is 0 Å². The molecular weight excluding hydrogens is 739 g/mol. The Morgan fingerprint density at radius 1 is 1.02 bits per heavy atom. The van der Waals surface area contributed by atoms with Gasteiger partial charge in [-0.05, 0) is 74.6 Å². The molecule has 330 valence electrons. The molecule has 0 saturated carbocycles. The molecule has 0 aromatic rings. The molecule has 0 radical (unpaired) electrons. The number of carboxylic acid groups (broad SMARTS) is 1. The number of carbonyl (C=O) groups is 5. The van der Waals surface area contributed by atoms with E-state index in [1.165, 1.54) is 0 Å². The summed E-state index contributed by atoms with van der Waals surface area (Å²) in [6, 6.07) is -1.37. The first-order valence-electron chi connectivity index (χ1n) is 21.3. The summed E-state index contributed by atoms with van der Waals surface area (Å²) >= 11 is 0. The van der Waals surface area contributed by atoms with Gasteiger partial charge in [-0.1, -0.05) is 79.5 Å². The van der Waals surface area contributed by atoms with Crippen LogP contribution < -0.4 is 16.0 Å². The molecule has 1 fully saturated rings. The van der Waals surface area contributed by atoms with E-state index in [0.717, 1.165) is 37.8 Å². The van der Waals surface area contributed by atoms with E-state index in [0.29, 0.717) is 44.1 Å². The van der Waals surface area contributed by atoms with Crippen LogP contribution in [0, 0.1) is 23.7 Å². The molecule has 1 saturated heterocycles. The fraction of sp³-hybridized carbons (Fsp3) is 0.733.